The molecule has 0 aliphatic carbocycles. The summed E-state index contributed by atoms with van der Waals surface area (Å²) < 4.78 is 0. The summed E-state index contributed by atoms with van der Waals surface area (Å²) >= 11 is 0. The fourth-order valence-corrected chi connectivity index (χ4v) is 1.95. The van der Waals surface area contributed by atoms with Crippen molar-refractivity contribution in [3.8, 4) is 0 Å². The summed E-state index contributed by atoms with van der Waals surface area (Å²) in [7, 11) is 0. The van der Waals surface area contributed by atoms with E-state index < -0.39 is 0 Å². The smallest absolute Gasteiger partial charge is 0.289 e. The largest absolute Gasteiger partial charge is 0.341 e. The molecule has 0 aliphatic heterocycles. The van der Waals surface area contributed by atoms with Crippen LogP contribution in [-0.4, -0.2) is 33.9 Å². The Morgan fingerprint density at radius 2 is 1.78 bits per heavy atom. The Kier molecular flexibility index (Phi) is 7.14. The van der Waals surface area contributed by atoms with Crippen molar-refractivity contribution in [3.63, 3.8) is 0 Å². The fourth-order valence-electron chi connectivity index (χ4n) is 1.95. The maximum atomic E-state index is 12.2. The van der Waals surface area contributed by atoms with Crippen LogP contribution in [0.5, 0.6) is 0 Å². The van der Waals surface area contributed by atoms with Gasteiger partial charge in [0.1, 0.15) is 0 Å². The Morgan fingerprint density at radius 3 is 2.22 bits per heavy atom. The molecule has 102 valence electrons. The van der Waals surface area contributed by atoms with Gasteiger partial charge < -0.3 is 9.88 Å². The first-order chi connectivity index (χ1) is 8.79. The van der Waals surface area contributed by atoms with Gasteiger partial charge >= 0.3 is 0 Å². The molecule has 4 nitrogen and oxygen atoms in total. The summed E-state index contributed by atoms with van der Waals surface area (Å²) in [6.45, 7) is 6.04. The number of aromatic nitrogens is 2. The summed E-state index contributed by atoms with van der Waals surface area (Å²) in [5.41, 5.74) is 0. The van der Waals surface area contributed by atoms with Gasteiger partial charge in [0.05, 0.1) is 0 Å². The molecule has 0 unspecified atom stereocenters. The SMILES string of the molecule is CCCCCN(CCCCC)C(=O)c1ncc[nH]1. The van der Waals surface area contributed by atoms with Gasteiger partial charge in [-0.3, -0.25) is 4.79 Å². The lowest BCUT2D eigenvalue weighted by Crippen LogP contribution is -2.33. The molecule has 1 N–H and O–H groups in total. The molecule has 0 spiro atoms. The van der Waals surface area contributed by atoms with Gasteiger partial charge in [0.15, 0.2) is 5.82 Å². The Hall–Kier alpha value is -1.32. The standard InChI is InChI=1S/C14H25N3O/c1-3-5-7-11-17(12-8-6-4-2)14(18)13-15-9-10-16-13/h9-10H,3-8,11-12H2,1-2H3,(H,15,16). The van der Waals surface area contributed by atoms with E-state index in [9.17, 15) is 4.79 Å². The van der Waals surface area contributed by atoms with Crippen LogP contribution in [0.1, 0.15) is 63.0 Å². The van der Waals surface area contributed by atoms with Gasteiger partial charge in [0.2, 0.25) is 0 Å². The molecule has 1 amide bonds. The van der Waals surface area contributed by atoms with E-state index in [0.29, 0.717) is 5.82 Å². The van der Waals surface area contributed by atoms with Crippen LogP contribution in [0.25, 0.3) is 0 Å². The van der Waals surface area contributed by atoms with E-state index in [4.69, 9.17) is 0 Å². The summed E-state index contributed by atoms with van der Waals surface area (Å²) in [6.07, 6.45) is 10.2. The minimum absolute atomic E-state index is 0.0345. The minimum atomic E-state index is 0.0345. The van der Waals surface area contributed by atoms with Crippen molar-refractivity contribution in [2.45, 2.75) is 52.4 Å². The topological polar surface area (TPSA) is 49.0 Å². The summed E-state index contributed by atoms with van der Waals surface area (Å²) in [5.74, 6) is 0.496. The van der Waals surface area contributed by atoms with Gasteiger partial charge in [-0.05, 0) is 12.8 Å². The third-order valence-electron chi connectivity index (χ3n) is 3.05. The second-order valence-corrected chi connectivity index (χ2v) is 4.64. The van der Waals surface area contributed by atoms with Crippen LogP contribution in [0.15, 0.2) is 12.4 Å². The van der Waals surface area contributed by atoms with Gasteiger partial charge in [-0.25, -0.2) is 4.98 Å². The van der Waals surface area contributed by atoms with E-state index in [1.807, 2.05) is 4.90 Å². The maximum Gasteiger partial charge on any atom is 0.289 e. The number of aromatic amines is 1. The van der Waals surface area contributed by atoms with Crippen LogP contribution >= 0.6 is 0 Å². The van der Waals surface area contributed by atoms with Crippen molar-refractivity contribution in [1.29, 1.82) is 0 Å². The Labute approximate surface area is 110 Å². The lowest BCUT2D eigenvalue weighted by molar-refractivity contribution is 0.0738. The zero-order valence-electron chi connectivity index (χ0n) is 11.6. The summed E-state index contributed by atoms with van der Waals surface area (Å²) in [4.78, 5) is 21.1. The summed E-state index contributed by atoms with van der Waals surface area (Å²) in [6, 6.07) is 0. The lowest BCUT2D eigenvalue weighted by Gasteiger charge is -2.21. The Bertz CT molecular complexity index is 312. The van der Waals surface area contributed by atoms with Crippen LogP contribution in [-0.2, 0) is 0 Å². The molecular formula is C14H25N3O. The van der Waals surface area contributed by atoms with Crippen molar-refractivity contribution in [2.75, 3.05) is 13.1 Å². The van der Waals surface area contributed by atoms with Gasteiger partial charge in [0.25, 0.3) is 5.91 Å². The maximum absolute atomic E-state index is 12.2. The molecule has 4 heteroatoms. The van der Waals surface area contributed by atoms with Crippen molar-refractivity contribution in [2.24, 2.45) is 0 Å². The number of H-pyrrole nitrogens is 1. The number of hydrogen-bond acceptors (Lipinski definition) is 2. The van der Waals surface area contributed by atoms with Gasteiger partial charge in [-0.1, -0.05) is 39.5 Å². The van der Waals surface area contributed by atoms with E-state index in [2.05, 4.69) is 23.8 Å². The number of carbonyl (C=O) groups excluding carboxylic acids is 1. The first kappa shape index (κ1) is 14.7. The third kappa shape index (κ3) is 4.90. The molecule has 18 heavy (non-hydrogen) atoms. The third-order valence-corrected chi connectivity index (χ3v) is 3.05. The van der Waals surface area contributed by atoms with Gasteiger partial charge in [-0.15, -0.1) is 0 Å². The van der Waals surface area contributed by atoms with E-state index in [1.165, 1.54) is 25.7 Å². The van der Waals surface area contributed by atoms with Crippen molar-refractivity contribution >= 4 is 5.91 Å². The second-order valence-electron chi connectivity index (χ2n) is 4.64. The number of nitrogens with zero attached hydrogens (tertiary/aromatic N) is 2. The average molecular weight is 251 g/mol. The number of nitrogens with one attached hydrogen (secondary N) is 1. The first-order valence-electron chi connectivity index (χ1n) is 7.08. The van der Waals surface area contributed by atoms with Gasteiger partial charge in [-0.2, -0.15) is 0 Å². The molecule has 1 aromatic heterocycles. The number of rotatable bonds is 9. The van der Waals surface area contributed by atoms with E-state index >= 15 is 0 Å². The van der Waals surface area contributed by atoms with E-state index in [1.54, 1.807) is 12.4 Å². The Balaban J connectivity index is 2.49. The highest BCUT2D eigenvalue weighted by atomic mass is 16.2. The molecule has 0 aliphatic rings. The lowest BCUT2D eigenvalue weighted by atomic mass is 10.2. The molecule has 0 fully saturated rings. The number of carbonyl (C=O) groups is 1. The normalized spacial score (nSPS) is 10.6. The molecule has 1 aromatic rings. The predicted molar refractivity (Wildman–Crippen MR) is 73.5 cm³/mol. The van der Waals surface area contributed by atoms with E-state index in [0.717, 1.165) is 25.9 Å². The van der Waals surface area contributed by atoms with Crippen molar-refractivity contribution in [3.05, 3.63) is 18.2 Å². The van der Waals surface area contributed by atoms with Crippen molar-refractivity contribution in [1.82, 2.24) is 14.9 Å². The molecule has 0 saturated carbocycles. The summed E-state index contributed by atoms with van der Waals surface area (Å²) in [5, 5.41) is 0. The number of imidazole rings is 1. The van der Waals surface area contributed by atoms with Crippen LogP contribution in [0.2, 0.25) is 0 Å². The number of hydrogen-bond donors (Lipinski definition) is 1. The molecule has 1 heterocycles. The highest BCUT2D eigenvalue weighted by Crippen LogP contribution is 2.06. The Morgan fingerprint density at radius 1 is 1.17 bits per heavy atom. The average Bonchev–Trinajstić information content (AvgIpc) is 2.90. The van der Waals surface area contributed by atoms with Crippen LogP contribution in [0.3, 0.4) is 0 Å². The zero-order valence-corrected chi connectivity index (χ0v) is 11.6. The zero-order chi connectivity index (χ0) is 13.2. The monoisotopic (exact) mass is 251 g/mol. The highest BCUT2D eigenvalue weighted by Gasteiger charge is 2.16. The molecule has 0 atom stereocenters. The number of unbranched alkanes of at least 4 members (excludes halogenated alkanes) is 4. The second kappa shape index (κ2) is 8.72. The van der Waals surface area contributed by atoms with Crippen LogP contribution in [0.4, 0.5) is 0 Å². The van der Waals surface area contributed by atoms with Crippen LogP contribution in [0, 0.1) is 0 Å². The van der Waals surface area contributed by atoms with Gasteiger partial charge in [0, 0.05) is 25.5 Å². The molecule has 0 bridgehead atoms. The molecule has 0 radical (unpaired) electrons. The van der Waals surface area contributed by atoms with Crippen molar-refractivity contribution < 1.29 is 4.79 Å². The highest BCUT2D eigenvalue weighted by molar-refractivity contribution is 5.90. The molecule has 0 aromatic carbocycles. The number of amides is 1. The van der Waals surface area contributed by atoms with E-state index in [-0.39, 0.29) is 5.91 Å². The molecule has 0 saturated heterocycles. The molecular weight excluding hydrogens is 226 g/mol. The predicted octanol–water partition coefficient (Wildman–Crippen LogP) is 3.23. The minimum Gasteiger partial charge on any atom is -0.341 e. The molecule has 1 rings (SSSR count). The quantitative estimate of drug-likeness (QED) is 0.685. The van der Waals surface area contributed by atoms with Crippen LogP contribution < -0.4 is 0 Å². The first-order valence-corrected chi connectivity index (χ1v) is 7.08. The fraction of sp³-hybridized carbons (Fsp3) is 0.714.